The summed E-state index contributed by atoms with van der Waals surface area (Å²) in [4.78, 5) is 12.7. The molecule has 1 atom stereocenters. The number of nitrogens with zero attached hydrogens (tertiary/aromatic N) is 2. The first-order valence-electron chi connectivity index (χ1n) is 8.02. The first-order valence-corrected chi connectivity index (χ1v) is 8.02. The molecule has 5 nitrogen and oxygen atoms in total. The van der Waals surface area contributed by atoms with Gasteiger partial charge < -0.3 is 5.32 Å². The van der Waals surface area contributed by atoms with Crippen LogP contribution in [0.25, 0.3) is 0 Å². The minimum Gasteiger partial charge on any atom is -0.314 e. The maximum Gasteiger partial charge on any atom is 0.305 e. The Hall–Kier alpha value is -0.950. The Labute approximate surface area is 155 Å². The fourth-order valence-corrected chi connectivity index (χ4v) is 3.02. The molecule has 0 saturated carbocycles. The van der Waals surface area contributed by atoms with Crippen molar-refractivity contribution in [2.24, 2.45) is 0 Å². The highest BCUT2D eigenvalue weighted by Crippen LogP contribution is 2.30. The van der Waals surface area contributed by atoms with Crippen LogP contribution < -0.4 is 5.32 Å². The lowest BCUT2D eigenvalue weighted by Gasteiger charge is -2.35. The zero-order chi connectivity index (χ0) is 15.9. The topological polar surface area (TPSA) is 58.4 Å². The summed E-state index contributed by atoms with van der Waals surface area (Å²) in [5.74, 6) is -0.763. The van der Waals surface area contributed by atoms with Gasteiger partial charge in [0.25, 0.3) is 0 Å². The zero-order valence-corrected chi connectivity index (χ0v) is 15.5. The Morgan fingerprint density at radius 1 is 1.29 bits per heavy atom. The van der Waals surface area contributed by atoms with Crippen LogP contribution in [0.3, 0.4) is 0 Å². The molecule has 1 aliphatic rings. The molecule has 0 amide bonds. The summed E-state index contributed by atoms with van der Waals surface area (Å²) in [6.45, 7) is 5.84. The molecule has 1 saturated heterocycles. The molecule has 0 unspecified atom stereocenters. The summed E-state index contributed by atoms with van der Waals surface area (Å²) in [7, 11) is 0. The van der Waals surface area contributed by atoms with Crippen molar-refractivity contribution in [3.63, 3.8) is 0 Å². The highest BCUT2D eigenvalue weighted by atomic mass is 35.5. The highest BCUT2D eigenvalue weighted by Gasteiger charge is 2.24. The number of hydrogen-bond acceptors (Lipinski definition) is 4. The van der Waals surface area contributed by atoms with Gasteiger partial charge in [0.1, 0.15) is 0 Å². The molecule has 0 bridgehead atoms. The minimum absolute atomic E-state index is 0. The molecule has 1 fully saturated rings. The van der Waals surface area contributed by atoms with Gasteiger partial charge in [0.2, 0.25) is 5.82 Å². The lowest BCUT2D eigenvalue weighted by molar-refractivity contribution is -0.387. The summed E-state index contributed by atoms with van der Waals surface area (Å²) in [5, 5.41) is 14.3. The van der Waals surface area contributed by atoms with E-state index in [2.05, 4.69) is 17.1 Å². The van der Waals surface area contributed by atoms with Crippen LogP contribution in [0.4, 0.5) is 10.1 Å². The van der Waals surface area contributed by atoms with E-state index >= 15 is 0 Å². The van der Waals surface area contributed by atoms with Crippen LogP contribution in [0.1, 0.15) is 44.2 Å². The monoisotopic (exact) mass is 381 g/mol. The first-order chi connectivity index (χ1) is 10.6. The van der Waals surface area contributed by atoms with Crippen molar-refractivity contribution in [3.8, 4) is 0 Å². The molecule has 24 heavy (non-hydrogen) atoms. The predicted molar refractivity (Wildman–Crippen MR) is 98.9 cm³/mol. The summed E-state index contributed by atoms with van der Waals surface area (Å²) in [6.07, 6.45) is 4.32. The van der Waals surface area contributed by atoms with E-state index in [4.69, 9.17) is 0 Å². The standard InChI is InChI=1S/C16H24FN3O2.2ClH/c1-2-3-4-5-15(19-10-8-18-9-11-19)13-6-7-14(17)16(12-13)20(21)22;;/h6-7,12,15,18H,2-5,8-11H2,1H3;2*1H/t15-;;/m0../s1. The Kier molecular flexibility index (Phi) is 11.1. The molecule has 0 radical (unpaired) electrons. The third kappa shape index (κ3) is 6.16. The van der Waals surface area contributed by atoms with Gasteiger partial charge in [-0.3, -0.25) is 15.0 Å². The van der Waals surface area contributed by atoms with E-state index < -0.39 is 16.4 Å². The smallest absolute Gasteiger partial charge is 0.305 e. The van der Waals surface area contributed by atoms with Gasteiger partial charge in [-0.2, -0.15) is 4.39 Å². The number of piperazine rings is 1. The Balaban J connectivity index is 0.00000264. The second-order valence-electron chi connectivity index (χ2n) is 5.77. The number of nitro benzene ring substituents is 1. The molecule has 0 aliphatic carbocycles. The second-order valence-corrected chi connectivity index (χ2v) is 5.77. The fraction of sp³-hybridized carbons (Fsp3) is 0.625. The second kappa shape index (κ2) is 11.6. The van der Waals surface area contributed by atoms with Gasteiger partial charge in [0.05, 0.1) is 4.92 Å². The SMILES string of the molecule is CCCCC[C@@H](c1ccc(F)c([N+](=O)[O-])c1)N1CCNCC1.Cl.Cl. The van der Waals surface area contributed by atoms with Gasteiger partial charge in [-0.1, -0.05) is 32.3 Å². The molecule has 1 aromatic carbocycles. The van der Waals surface area contributed by atoms with E-state index in [-0.39, 0.29) is 30.9 Å². The molecule has 1 aromatic rings. The fourth-order valence-electron chi connectivity index (χ4n) is 3.02. The normalized spacial score (nSPS) is 15.9. The van der Waals surface area contributed by atoms with Crippen LogP contribution in [0.15, 0.2) is 18.2 Å². The van der Waals surface area contributed by atoms with E-state index in [9.17, 15) is 14.5 Å². The number of hydrogen-bond donors (Lipinski definition) is 1. The molecule has 1 N–H and O–H groups in total. The van der Waals surface area contributed by atoms with Gasteiger partial charge in [-0.15, -0.1) is 24.8 Å². The zero-order valence-electron chi connectivity index (χ0n) is 13.9. The van der Waals surface area contributed by atoms with E-state index in [0.29, 0.717) is 0 Å². The molecule has 138 valence electrons. The third-order valence-electron chi connectivity index (χ3n) is 4.23. The van der Waals surface area contributed by atoms with Gasteiger partial charge in [0, 0.05) is 38.3 Å². The van der Waals surface area contributed by atoms with Crippen molar-refractivity contribution in [3.05, 3.63) is 39.7 Å². The van der Waals surface area contributed by atoms with Crippen LogP contribution >= 0.6 is 24.8 Å². The third-order valence-corrected chi connectivity index (χ3v) is 4.23. The maximum absolute atomic E-state index is 13.6. The number of benzene rings is 1. The molecule has 2 rings (SSSR count). The Bertz CT molecular complexity index is 514. The average Bonchev–Trinajstić information content (AvgIpc) is 2.53. The van der Waals surface area contributed by atoms with Crippen LogP contribution in [0.5, 0.6) is 0 Å². The van der Waals surface area contributed by atoms with Crippen molar-refractivity contribution in [1.82, 2.24) is 10.2 Å². The van der Waals surface area contributed by atoms with E-state index in [0.717, 1.165) is 57.4 Å². The number of unbranched alkanes of at least 4 members (excludes halogenated alkanes) is 2. The Morgan fingerprint density at radius 2 is 1.96 bits per heavy atom. The number of nitro groups is 1. The number of halogens is 3. The quantitative estimate of drug-likeness (QED) is 0.438. The van der Waals surface area contributed by atoms with Crippen molar-refractivity contribution >= 4 is 30.5 Å². The van der Waals surface area contributed by atoms with Gasteiger partial charge in [0.15, 0.2) is 0 Å². The molecule has 0 spiro atoms. The van der Waals surface area contributed by atoms with Gasteiger partial charge in [-0.25, -0.2) is 0 Å². The average molecular weight is 382 g/mol. The maximum atomic E-state index is 13.6. The predicted octanol–water partition coefficient (Wildman–Crippen LogP) is 4.10. The minimum atomic E-state index is -0.763. The summed E-state index contributed by atoms with van der Waals surface area (Å²) >= 11 is 0. The Morgan fingerprint density at radius 3 is 2.54 bits per heavy atom. The first kappa shape index (κ1) is 23.1. The molecular weight excluding hydrogens is 356 g/mol. The molecule has 0 aromatic heterocycles. The lowest BCUT2D eigenvalue weighted by atomic mass is 9.97. The van der Waals surface area contributed by atoms with Crippen LogP contribution in [0, 0.1) is 15.9 Å². The largest absolute Gasteiger partial charge is 0.314 e. The van der Waals surface area contributed by atoms with E-state index in [1.165, 1.54) is 12.1 Å². The summed E-state index contributed by atoms with van der Waals surface area (Å²) in [5.41, 5.74) is 0.430. The summed E-state index contributed by atoms with van der Waals surface area (Å²) in [6, 6.07) is 4.46. The summed E-state index contributed by atoms with van der Waals surface area (Å²) < 4.78 is 13.6. The van der Waals surface area contributed by atoms with Crippen molar-refractivity contribution < 1.29 is 9.31 Å². The molecule has 1 heterocycles. The molecular formula is C16H26Cl2FN3O2. The van der Waals surface area contributed by atoms with E-state index in [1.54, 1.807) is 6.07 Å². The van der Waals surface area contributed by atoms with Crippen molar-refractivity contribution in [2.45, 2.75) is 38.6 Å². The van der Waals surface area contributed by atoms with Crippen molar-refractivity contribution in [2.75, 3.05) is 26.2 Å². The van der Waals surface area contributed by atoms with Crippen LogP contribution in [-0.2, 0) is 0 Å². The van der Waals surface area contributed by atoms with Gasteiger partial charge in [-0.05, 0) is 18.1 Å². The lowest BCUT2D eigenvalue weighted by Crippen LogP contribution is -2.45. The van der Waals surface area contributed by atoms with Crippen LogP contribution in [-0.4, -0.2) is 36.0 Å². The van der Waals surface area contributed by atoms with Crippen molar-refractivity contribution in [1.29, 1.82) is 0 Å². The van der Waals surface area contributed by atoms with E-state index in [1.807, 2.05) is 0 Å². The van der Waals surface area contributed by atoms with Gasteiger partial charge >= 0.3 is 5.69 Å². The number of rotatable bonds is 7. The highest BCUT2D eigenvalue weighted by molar-refractivity contribution is 5.85. The van der Waals surface area contributed by atoms with Crippen LogP contribution in [0.2, 0.25) is 0 Å². The molecule has 8 heteroatoms. The molecule has 1 aliphatic heterocycles. The number of nitrogens with one attached hydrogen (secondary N) is 1.